The van der Waals surface area contributed by atoms with Gasteiger partial charge in [-0.05, 0) is 18.2 Å². The van der Waals surface area contributed by atoms with Gasteiger partial charge in [0, 0.05) is 5.56 Å². The number of carbonyl (C=O) groups excluding carboxylic acids is 1. The highest BCUT2D eigenvalue weighted by molar-refractivity contribution is 5.95. The van der Waals surface area contributed by atoms with E-state index in [1.54, 1.807) is 0 Å². The number of halogens is 2. The fraction of sp³-hybridized carbons (Fsp3) is 0.111. The second-order valence-corrected chi connectivity index (χ2v) is 2.91. The largest absolute Gasteiger partial charge is 0.409 e. The SMILES string of the molecule is NC(=O)c1ccc2nc(OC(F)F)oc2c1. The minimum absolute atomic E-state index is 0.159. The van der Waals surface area contributed by atoms with E-state index >= 15 is 0 Å². The predicted octanol–water partition coefficient (Wildman–Crippen LogP) is 1.53. The number of ether oxygens (including phenoxy) is 1. The average Bonchev–Trinajstić information content (AvgIpc) is 2.56. The number of hydrogen-bond acceptors (Lipinski definition) is 4. The van der Waals surface area contributed by atoms with Crippen LogP contribution >= 0.6 is 0 Å². The van der Waals surface area contributed by atoms with Gasteiger partial charge in [-0.2, -0.15) is 13.8 Å². The van der Waals surface area contributed by atoms with Crippen molar-refractivity contribution in [1.29, 1.82) is 0 Å². The molecule has 0 radical (unpaired) electrons. The Morgan fingerprint density at radius 3 is 2.88 bits per heavy atom. The molecular weight excluding hydrogens is 222 g/mol. The lowest BCUT2D eigenvalue weighted by Crippen LogP contribution is -2.10. The summed E-state index contributed by atoms with van der Waals surface area (Å²) in [6.07, 6.45) is -0.549. The number of primary amides is 1. The highest BCUT2D eigenvalue weighted by Gasteiger charge is 2.13. The maximum absolute atomic E-state index is 11.9. The lowest BCUT2D eigenvalue weighted by molar-refractivity contribution is -0.0664. The third-order valence-corrected chi connectivity index (χ3v) is 1.84. The number of alkyl halides is 2. The van der Waals surface area contributed by atoms with Gasteiger partial charge in [0.25, 0.3) is 0 Å². The molecule has 5 nitrogen and oxygen atoms in total. The van der Waals surface area contributed by atoms with Gasteiger partial charge >= 0.3 is 12.7 Å². The maximum Gasteiger partial charge on any atom is 0.399 e. The molecule has 1 aromatic heterocycles. The van der Waals surface area contributed by atoms with Crippen LogP contribution in [0.2, 0.25) is 0 Å². The number of nitrogens with two attached hydrogens (primary N) is 1. The van der Waals surface area contributed by atoms with Crippen LogP contribution < -0.4 is 10.5 Å². The van der Waals surface area contributed by atoms with E-state index in [0.717, 1.165) is 0 Å². The Kier molecular flexibility index (Phi) is 2.43. The summed E-state index contributed by atoms with van der Waals surface area (Å²) in [5.74, 6) is -0.644. The van der Waals surface area contributed by atoms with Gasteiger partial charge in [-0.25, -0.2) is 0 Å². The highest BCUT2D eigenvalue weighted by atomic mass is 19.3. The molecule has 0 saturated carbocycles. The normalized spacial score (nSPS) is 10.9. The highest BCUT2D eigenvalue weighted by Crippen LogP contribution is 2.22. The van der Waals surface area contributed by atoms with Crippen LogP contribution in [0.15, 0.2) is 22.6 Å². The number of oxazole rings is 1. The Labute approximate surface area is 87.8 Å². The van der Waals surface area contributed by atoms with Crippen LogP contribution in [0.4, 0.5) is 8.78 Å². The van der Waals surface area contributed by atoms with E-state index in [1.807, 2.05) is 0 Å². The fourth-order valence-electron chi connectivity index (χ4n) is 1.18. The van der Waals surface area contributed by atoms with Gasteiger partial charge in [0.1, 0.15) is 5.52 Å². The number of hydrogen-bond donors (Lipinski definition) is 1. The first-order valence-electron chi connectivity index (χ1n) is 4.21. The van der Waals surface area contributed by atoms with Crippen LogP contribution in [-0.2, 0) is 0 Å². The summed E-state index contributed by atoms with van der Waals surface area (Å²) in [7, 11) is 0. The van der Waals surface area contributed by atoms with Crippen LogP contribution in [0.5, 0.6) is 6.08 Å². The van der Waals surface area contributed by atoms with E-state index in [1.165, 1.54) is 18.2 Å². The minimum atomic E-state index is -3.01. The van der Waals surface area contributed by atoms with Gasteiger partial charge in [0.2, 0.25) is 5.91 Å². The molecule has 0 saturated heterocycles. The molecule has 2 rings (SSSR count). The number of amides is 1. The molecule has 1 amide bonds. The molecule has 0 fully saturated rings. The number of rotatable bonds is 3. The van der Waals surface area contributed by atoms with E-state index in [4.69, 9.17) is 10.2 Å². The lowest BCUT2D eigenvalue weighted by Gasteiger charge is -1.95. The third-order valence-electron chi connectivity index (χ3n) is 1.84. The molecular formula is C9H6F2N2O3. The number of fused-ring (bicyclic) bond motifs is 1. The van der Waals surface area contributed by atoms with E-state index in [-0.39, 0.29) is 11.1 Å². The first-order valence-corrected chi connectivity index (χ1v) is 4.21. The van der Waals surface area contributed by atoms with Crippen molar-refractivity contribution in [2.75, 3.05) is 0 Å². The van der Waals surface area contributed by atoms with Gasteiger partial charge in [0.05, 0.1) is 0 Å². The van der Waals surface area contributed by atoms with Crippen molar-refractivity contribution >= 4 is 17.0 Å². The Bertz CT molecular complexity index is 539. The molecule has 0 aliphatic carbocycles. The number of carbonyl (C=O) groups is 1. The molecule has 1 heterocycles. The van der Waals surface area contributed by atoms with Crippen LogP contribution in [0.1, 0.15) is 10.4 Å². The van der Waals surface area contributed by atoms with Crippen molar-refractivity contribution in [2.45, 2.75) is 6.61 Å². The quantitative estimate of drug-likeness (QED) is 0.863. The molecule has 0 atom stereocenters. The van der Waals surface area contributed by atoms with Gasteiger partial charge in [0.15, 0.2) is 5.58 Å². The molecule has 0 aliphatic rings. The summed E-state index contributed by atoms with van der Waals surface area (Å²) in [5.41, 5.74) is 5.71. The topological polar surface area (TPSA) is 78.4 Å². The summed E-state index contributed by atoms with van der Waals surface area (Å²) in [5, 5.41) is 0. The number of nitrogens with zero attached hydrogens (tertiary/aromatic N) is 1. The Balaban J connectivity index is 2.42. The van der Waals surface area contributed by atoms with Crippen molar-refractivity contribution in [1.82, 2.24) is 4.98 Å². The zero-order valence-electron chi connectivity index (χ0n) is 7.81. The minimum Gasteiger partial charge on any atom is -0.409 e. The summed E-state index contributed by atoms with van der Waals surface area (Å²) < 4.78 is 32.5. The fourth-order valence-corrected chi connectivity index (χ4v) is 1.18. The van der Waals surface area contributed by atoms with Crippen LogP contribution in [0, 0.1) is 0 Å². The van der Waals surface area contributed by atoms with E-state index in [9.17, 15) is 13.6 Å². The van der Waals surface area contributed by atoms with E-state index < -0.39 is 18.6 Å². The third kappa shape index (κ3) is 1.92. The first-order chi connectivity index (χ1) is 7.56. The second kappa shape index (κ2) is 3.76. The van der Waals surface area contributed by atoms with Crippen LogP contribution in [0.25, 0.3) is 11.1 Å². The molecule has 0 spiro atoms. The summed E-state index contributed by atoms with van der Waals surface area (Å²) in [6.45, 7) is -3.01. The van der Waals surface area contributed by atoms with Crippen molar-refractivity contribution in [3.63, 3.8) is 0 Å². The molecule has 0 aliphatic heterocycles. The number of benzene rings is 1. The van der Waals surface area contributed by atoms with E-state index in [2.05, 4.69) is 9.72 Å². The molecule has 1 aromatic carbocycles. The molecule has 16 heavy (non-hydrogen) atoms. The Morgan fingerprint density at radius 2 is 2.25 bits per heavy atom. The van der Waals surface area contributed by atoms with Gasteiger partial charge < -0.3 is 14.9 Å². The molecule has 2 N–H and O–H groups in total. The zero-order valence-corrected chi connectivity index (χ0v) is 7.81. The number of aromatic nitrogens is 1. The maximum atomic E-state index is 11.9. The Morgan fingerprint density at radius 1 is 1.50 bits per heavy atom. The van der Waals surface area contributed by atoms with Crippen LogP contribution in [-0.4, -0.2) is 17.5 Å². The van der Waals surface area contributed by atoms with E-state index in [0.29, 0.717) is 5.52 Å². The smallest absolute Gasteiger partial charge is 0.399 e. The Hall–Kier alpha value is -2.18. The average molecular weight is 228 g/mol. The molecule has 0 unspecified atom stereocenters. The summed E-state index contributed by atoms with van der Waals surface area (Å²) in [6, 6.07) is 4.15. The molecule has 2 aromatic rings. The summed E-state index contributed by atoms with van der Waals surface area (Å²) in [4.78, 5) is 14.5. The predicted molar refractivity (Wildman–Crippen MR) is 49.2 cm³/mol. The summed E-state index contributed by atoms with van der Waals surface area (Å²) >= 11 is 0. The van der Waals surface area contributed by atoms with Gasteiger partial charge in [-0.3, -0.25) is 4.79 Å². The van der Waals surface area contributed by atoms with Crippen molar-refractivity contribution in [3.8, 4) is 6.08 Å². The molecule has 7 heteroatoms. The van der Waals surface area contributed by atoms with Crippen molar-refractivity contribution in [2.24, 2.45) is 5.73 Å². The molecule has 84 valence electrons. The van der Waals surface area contributed by atoms with Gasteiger partial charge in [-0.1, -0.05) is 0 Å². The standard InChI is InChI=1S/C9H6F2N2O3/c10-8(11)16-9-13-5-2-1-4(7(12)14)3-6(5)15-9/h1-3,8H,(H2,12,14). The zero-order chi connectivity index (χ0) is 11.7. The van der Waals surface area contributed by atoms with Crippen molar-refractivity contribution in [3.05, 3.63) is 23.8 Å². The lowest BCUT2D eigenvalue weighted by atomic mass is 10.2. The van der Waals surface area contributed by atoms with Gasteiger partial charge in [-0.15, -0.1) is 0 Å². The van der Waals surface area contributed by atoms with Crippen LogP contribution in [0.3, 0.4) is 0 Å². The second-order valence-electron chi connectivity index (χ2n) is 2.91. The monoisotopic (exact) mass is 228 g/mol. The molecule has 0 bridgehead atoms. The van der Waals surface area contributed by atoms with Crippen molar-refractivity contribution < 1.29 is 22.7 Å². The first kappa shape index (κ1) is 10.3.